The third-order valence-corrected chi connectivity index (χ3v) is 5.49. The first-order valence-electron chi connectivity index (χ1n) is 8.20. The molecule has 1 saturated heterocycles. The average molecular weight is 298 g/mol. The van der Waals surface area contributed by atoms with Crippen LogP contribution in [-0.2, 0) is 6.54 Å². The standard InChI is InChI=1S/C18H22N2O2/c21-15-6-9-20(18(11-15)7-3-8-18)12-14-10-13-4-1-2-5-16(13)19-17(14)22/h1-2,4-5,10,15,21H,3,6-9,11-12H2,(H,19,22). The minimum atomic E-state index is -0.175. The van der Waals surface area contributed by atoms with Crippen molar-refractivity contribution in [3.8, 4) is 0 Å². The van der Waals surface area contributed by atoms with Crippen molar-refractivity contribution in [1.29, 1.82) is 0 Å². The van der Waals surface area contributed by atoms with Gasteiger partial charge in [0.2, 0.25) is 0 Å². The molecule has 2 heterocycles. The molecule has 1 unspecified atom stereocenters. The molecule has 1 aromatic carbocycles. The van der Waals surface area contributed by atoms with E-state index in [9.17, 15) is 9.90 Å². The monoisotopic (exact) mass is 298 g/mol. The fraction of sp³-hybridized carbons (Fsp3) is 0.500. The van der Waals surface area contributed by atoms with Crippen molar-refractivity contribution in [2.24, 2.45) is 0 Å². The van der Waals surface area contributed by atoms with Gasteiger partial charge in [-0.2, -0.15) is 0 Å². The van der Waals surface area contributed by atoms with Gasteiger partial charge in [0.05, 0.1) is 6.10 Å². The van der Waals surface area contributed by atoms with Gasteiger partial charge in [-0.1, -0.05) is 18.2 Å². The molecule has 116 valence electrons. The lowest BCUT2D eigenvalue weighted by molar-refractivity contribution is -0.0703. The Morgan fingerprint density at radius 1 is 1.32 bits per heavy atom. The quantitative estimate of drug-likeness (QED) is 0.895. The fourth-order valence-electron chi connectivity index (χ4n) is 4.08. The van der Waals surface area contributed by atoms with Crippen molar-refractivity contribution in [3.05, 3.63) is 46.2 Å². The molecule has 0 bridgehead atoms. The van der Waals surface area contributed by atoms with E-state index in [1.165, 1.54) is 6.42 Å². The Morgan fingerprint density at radius 2 is 2.14 bits per heavy atom. The van der Waals surface area contributed by atoms with E-state index in [0.29, 0.717) is 6.54 Å². The van der Waals surface area contributed by atoms with E-state index in [-0.39, 0.29) is 17.2 Å². The lowest BCUT2D eigenvalue weighted by Gasteiger charge is -2.54. The summed E-state index contributed by atoms with van der Waals surface area (Å²) >= 11 is 0. The van der Waals surface area contributed by atoms with Crippen LogP contribution in [0, 0.1) is 0 Å². The molecule has 2 N–H and O–H groups in total. The smallest absolute Gasteiger partial charge is 0.252 e. The maximum absolute atomic E-state index is 12.4. The predicted octanol–water partition coefficient (Wildman–Crippen LogP) is 2.41. The second-order valence-electron chi connectivity index (χ2n) is 6.86. The number of piperidine rings is 1. The van der Waals surface area contributed by atoms with Gasteiger partial charge in [0, 0.05) is 29.7 Å². The number of aliphatic hydroxyl groups is 1. The van der Waals surface area contributed by atoms with Gasteiger partial charge in [0.25, 0.3) is 5.56 Å². The summed E-state index contributed by atoms with van der Waals surface area (Å²) in [4.78, 5) is 17.8. The molecule has 2 fully saturated rings. The van der Waals surface area contributed by atoms with Gasteiger partial charge in [0.1, 0.15) is 0 Å². The molecule has 1 saturated carbocycles. The van der Waals surface area contributed by atoms with E-state index in [4.69, 9.17) is 0 Å². The molecule has 4 heteroatoms. The zero-order valence-electron chi connectivity index (χ0n) is 12.7. The van der Waals surface area contributed by atoms with Crippen LogP contribution in [-0.4, -0.2) is 33.2 Å². The summed E-state index contributed by atoms with van der Waals surface area (Å²) in [5.41, 5.74) is 1.87. The Hall–Kier alpha value is -1.65. The Morgan fingerprint density at radius 3 is 2.91 bits per heavy atom. The minimum absolute atomic E-state index is 0.0132. The SMILES string of the molecule is O=c1[nH]c2ccccc2cc1CN1CCC(O)CC12CCC2. The largest absolute Gasteiger partial charge is 0.393 e. The molecule has 1 spiro atoms. The van der Waals surface area contributed by atoms with Crippen LogP contribution in [0.2, 0.25) is 0 Å². The number of hydrogen-bond donors (Lipinski definition) is 2. The maximum Gasteiger partial charge on any atom is 0.252 e. The molecule has 0 amide bonds. The summed E-state index contributed by atoms with van der Waals surface area (Å²) in [5, 5.41) is 11.1. The Balaban J connectivity index is 1.65. The third kappa shape index (κ3) is 2.27. The summed E-state index contributed by atoms with van der Waals surface area (Å²) in [7, 11) is 0. The van der Waals surface area contributed by atoms with Crippen molar-refractivity contribution in [2.75, 3.05) is 6.54 Å². The number of rotatable bonds is 2. The molecule has 2 aromatic rings. The predicted molar refractivity (Wildman–Crippen MR) is 86.8 cm³/mol. The topological polar surface area (TPSA) is 56.3 Å². The number of aliphatic hydroxyl groups excluding tert-OH is 1. The van der Waals surface area contributed by atoms with Gasteiger partial charge in [-0.25, -0.2) is 0 Å². The van der Waals surface area contributed by atoms with E-state index in [1.54, 1.807) is 0 Å². The molecule has 1 atom stereocenters. The van der Waals surface area contributed by atoms with Gasteiger partial charge < -0.3 is 10.1 Å². The van der Waals surface area contributed by atoms with Crippen LogP contribution < -0.4 is 5.56 Å². The molecule has 4 nitrogen and oxygen atoms in total. The molecule has 1 aromatic heterocycles. The number of nitrogens with one attached hydrogen (secondary N) is 1. The highest BCUT2D eigenvalue weighted by Gasteiger charge is 2.46. The number of pyridine rings is 1. The fourth-order valence-corrected chi connectivity index (χ4v) is 4.08. The summed E-state index contributed by atoms with van der Waals surface area (Å²) < 4.78 is 0. The lowest BCUT2D eigenvalue weighted by atomic mass is 9.69. The van der Waals surface area contributed by atoms with Crippen LogP contribution in [0.15, 0.2) is 35.1 Å². The number of fused-ring (bicyclic) bond motifs is 1. The molecule has 4 rings (SSSR count). The highest BCUT2D eigenvalue weighted by atomic mass is 16.3. The first kappa shape index (κ1) is 14.0. The number of para-hydroxylation sites is 1. The molecule has 0 radical (unpaired) electrons. The second-order valence-corrected chi connectivity index (χ2v) is 6.86. The number of H-pyrrole nitrogens is 1. The minimum Gasteiger partial charge on any atom is -0.393 e. The van der Waals surface area contributed by atoms with E-state index >= 15 is 0 Å². The zero-order valence-corrected chi connectivity index (χ0v) is 12.7. The maximum atomic E-state index is 12.4. The van der Waals surface area contributed by atoms with Gasteiger partial charge in [-0.05, 0) is 49.6 Å². The van der Waals surface area contributed by atoms with Crippen molar-refractivity contribution >= 4 is 10.9 Å². The number of nitrogens with zero attached hydrogens (tertiary/aromatic N) is 1. The Labute approximate surface area is 129 Å². The highest BCUT2D eigenvalue weighted by Crippen LogP contribution is 2.44. The van der Waals surface area contributed by atoms with Crippen LogP contribution in [0.4, 0.5) is 0 Å². The molecular weight excluding hydrogens is 276 g/mol. The summed E-state index contributed by atoms with van der Waals surface area (Å²) in [6, 6.07) is 9.92. The van der Waals surface area contributed by atoms with Crippen LogP contribution in [0.25, 0.3) is 10.9 Å². The first-order valence-corrected chi connectivity index (χ1v) is 8.20. The molecule has 2 aliphatic rings. The lowest BCUT2D eigenvalue weighted by Crippen LogP contribution is -2.59. The molecular formula is C18H22N2O2. The van der Waals surface area contributed by atoms with E-state index in [2.05, 4.69) is 9.88 Å². The third-order valence-electron chi connectivity index (χ3n) is 5.49. The van der Waals surface area contributed by atoms with Crippen LogP contribution >= 0.6 is 0 Å². The van der Waals surface area contributed by atoms with Crippen LogP contribution in [0.1, 0.15) is 37.7 Å². The number of likely N-dealkylation sites (tertiary alicyclic amines) is 1. The number of benzene rings is 1. The Kier molecular flexibility index (Phi) is 3.31. The number of aromatic amines is 1. The van der Waals surface area contributed by atoms with Crippen molar-refractivity contribution in [1.82, 2.24) is 9.88 Å². The first-order chi connectivity index (χ1) is 10.7. The second kappa shape index (κ2) is 5.21. The van der Waals surface area contributed by atoms with Crippen molar-refractivity contribution < 1.29 is 5.11 Å². The van der Waals surface area contributed by atoms with Gasteiger partial charge in [-0.15, -0.1) is 0 Å². The molecule has 22 heavy (non-hydrogen) atoms. The van der Waals surface area contributed by atoms with Crippen molar-refractivity contribution in [2.45, 2.75) is 50.3 Å². The molecule has 1 aliphatic heterocycles. The summed E-state index contributed by atoms with van der Waals surface area (Å²) in [6.45, 7) is 1.57. The highest BCUT2D eigenvalue weighted by molar-refractivity contribution is 5.78. The van der Waals surface area contributed by atoms with Gasteiger partial charge in [0.15, 0.2) is 0 Å². The van der Waals surface area contributed by atoms with Crippen molar-refractivity contribution in [3.63, 3.8) is 0 Å². The average Bonchev–Trinajstić information content (AvgIpc) is 2.48. The van der Waals surface area contributed by atoms with Crippen LogP contribution in [0.5, 0.6) is 0 Å². The number of aromatic nitrogens is 1. The van der Waals surface area contributed by atoms with Crippen LogP contribution in [0.3, 0.4) is 0 Å². The summed E-state index contributed by atoms with van der Waals surface area (Å²) in [5.74, 6) is 0. The zero-order chi connectivity index (χ0) is 15.2. The normalized spacial score (nSPS) is 24.5. The Bertz CT molecular complexity index is 748. The van der Waals surface area contributed by atoms with Gasteiger partial charge >= 0.3 is 0 Å². The van der Waals surface area contributed by atoms with E-state index < -0.39 is 0 Å². The summed E-state index contributed by atoms with van der Waals surface area (Å²) in [6.07, 6.45) is 5.03. The van der Waals surface area contributed by atoms with Gasteiger partial charge in [-0.3, -0.25) is 9.69 Å². The number of hydrogen-bond acceptors (Lipinski definition) is 3. The molecule has 1 aliphatic carbocycles. The van der Waals surface area contributed by atoms with E-state index in [0.717, 1.165) is 48.7 Å². The van der Waals surface area contributed by atoms with E-state index in [1.807, 2.05) is 30.3 Å².